The first-order chi connectivity index (χ1) is 9.01. The van der Waals surface area contributed by atoms with E-state index in [9.17, 15) is 9.18 Å². The van der Waals surface area contributed by atoms with Gasteiger partial charge in [0.05, 0.1) is 18.8 Å². The fraction of sp³-hybridized carbons (Fsp3) is 0.500. The van der Waals surface area contributed by atoms with Gasteiger partial charge in [0.1, 0.15) is 5.82 Å². The van der Waals surface area contributed by atoms with Crippen LogP contribution in [-0.2, 0) is 4.74 Å². The van der Waals surface area contributed by atoms with Crippen LogP contribution in [-0.4, -0.2) is 42.6 Å². The number of morpholine rings is 1. The number of nitrogens with two attached hydrogens (primary N) is 1. The van der Waals surface area contributed by atoms with Crippen LogP contribution < -0.4 is 5.73 Å². The second-order valence-electron chi connectivity index (χ2n) is 5.01. The Bertz CT molecular complexity index is 458. The Kier molecular flexibility index (Phi) is 4.17. The van der Waals surface area contributed by atoms with Crippen molar-refractivity contribution >= 4 is 5.91 Å². The van der Waals surface area contributed by atoms with Crippen LogP contribution in [0, 0.1) is 12.7 Å². The summed E-state index contributed by atoms with van der Waals surface area (Å²) in [7, 11) is 0. The molecule has 2 atom stereocenters. The zero-order chi connectivity index (χ0) is 14.0. The summed E-state index contributed by atoms with van der Waals surface area (Å²) in [5, 5.41) is 0. The van der Waals surface area contributed by atoms with Crippen molar-refractivity contribution in [1.82, 2.24) is 4.90 Å². The average Bonchev–Trinajstić information content (AvgIpc) is 2.37. The second kappa shape index (κ2) is 5.67. The largest absolute Gasteiger partial charge is 0.373 e. The number of aryl methyl sites for hydroxylation is 1. The smallest absolute Gasteiger partial charge is 0.254 e. The Labute approximate surface area is 112 Å². The number of amides is 1. The molecule has 1 aromatic rings. The minimum atomic E-state index is -0.389. The summed E-state index contributed by atoms with van der Waals surface area (Å²) in [5.74, 6) is -0.559. The number of carbonyl (C=O) groups excluding carboxylic acids is 1. The summed E-state index contributed by atoms with van der Waals surface area (Å²) in [6.07, 6.45) is -0.144. The monoisotopic (exact) mass is 266 g/mol. The van der Waals surface area contributed by atoms with E-state index in [4.69, 9.17) is 10.5 Å². The van der Waals surface area contributed by atoms with Gasteiger partial charge in [-0.05, 0) is 37.6 Å². The minimum absolute atomic E-state index is 0.0288. The van der Waals surface area contributed by atoms with Gasteiger partial charge in [-0.3, -0.25) is 4.79 Å². The van der Waals surface area contributed by atoms with E-state index in [0.29, 0.717) is 25.3 Å². The number of rotatable bonds is 2. The molecule has 19 heavy (non-hydrogen) atoms. The van der Waals surface area contributed by atoms with Crippen molar-refractivity contribution in [3.8, 4) is 0 Å². The third-order valence-corrected chi connectivity index (χ3v) is 3.32. The maximum Gasteiger partial charge on any atom is 0.254 e. The highest BCUT2D eigenvalue weighted by molar-refractivity contribution is 5.94. The van der Waals surface area contributed by atoms with Gasteiger partial charge < -0.3 is 15.4 Å². The van der Waals surface area contributed by atoms with Crippen LogP contribution in [0.4, 0.5) is 4.39 Å². The Morgan fingerprint density at radius 2 is 2.26 bits per heavy atom. The summed E-state index contributed by atoms with van der Waals surface area (Å²) < 4.78 is 18.9. The molecule has 0 bridgehead atoms. The highest BCUT2D eigenvalue weighted by Crippen LogP contribution is 2.17. The summed E-state index contributed by atoms with van der Waals surface area (Å²) in [6.45, 7) is 4.97. The van der Waals surface area contributed by atoms with Crippen molar-refractivity contribution in [2.45, 2.75) is 26.0 Å². The lowest BCUT2D eigenvalue weighted by molar-refractivity contribution is -0.0426. The molecule has 0 saturated carbocycles. The molecule has 1 fully saturated rings. The van der Waals surface area contributed by atoms with Crippen LogP contribution in [0.5, 0.6) is 0 Å². The molecule has 2 N–H and O–H groups in total. The molecule has 0 radical (unpaired) electrons. The number of nitrogens with zero attached hydrogens (tertiary/aromatic N) is 1. The molecular weight excluding hydrogens is 247 g/mol. The van der Waals surface area contributed by atoms with Crippen molar-refractivity contribution in [2.24, 2.45) is 5.73 Å². The maximum atomic E-state index is 13.4. The lowest BCUT2D eigenvalue weighted by atomic mass is 10.1. The summed E-state index contributed by atoms with van der Waals surface area (Å²) in [4.78, 5) is 14.1. The molecular formula is C14H19FN2O2. The van der Waals surface area contributed by atoms with Gasteiger partial charge >= 0.3 is 0 Å². The zero-order valence-corrected chi connectivity index (χ0v) is 11.2. The van der Waals surface area contributed by atoms with Crippen molar-refractivity contribution in [1.29, 1.82) is 0 Å². The van der Waals surface area contributed by atoms with Gasteiger partial charge in [-0.1, -0.05) is 0 Å². The summed E-state index contributed by atoms with van der Waals surface area (Å²) in [5.41, 5.74) is 6.69. The SMILES string of the molecule is Cc1cc(F)cc(C(=O)N2CC(CN)OCC2C)c1. The standard InChI is InChI=1S/C14H19FN2O2/c1-9-3-11(5-12(15)4-9)14(18)17-7-13(6-16)19-8-10(17)2/h3-5,10,13H,6-8,16H2,1-2H3. The highest BCUT2D eigenvalue weighted by Gasteiger charge is 2.29. The molecule has 1 aliphatic heterocycles. The molecule has 104 valence electrons. The van der Waals surface area contributed by atoms with E-state index in [0.717, 1.165) is 5.56 Å². The van der Waals surface area contributed by atoms with Crippen LogP contribution >= 0.6 is 0 Å². The number of ether oxygens (including phenoxy) is 1. The number of hydrogen-bond acceptors (Lipinski definition) is 3. The van der Waals surface area contributed by atoms with Gasteiger partial charge in [-0.25, -0.2) is 4.39 Å². The molecule has 1 aliphatic rings. The van der Waals surface area contributed by atoms with Gasteiger partial charge in [0.25, 0.3) is 5.91 Å². The minimum Gasteiger partial charge on any atom is -0.373 e. The third-order valence-electron chi connectivity index (χ3n) is 3.32. The number of hydrogen-bond donors (Lipinski definition) is 1. The van der Waals surface area contributed by atoms with Gasteiger partial charge in [-0.15, -0.1) is 0 Å². The van der Waals surface area contributed by atoms with Gasteiger partial charge in [-0.2, -0.15) is 0 Å². The molecule has 1 heterocycles. The van der Waals surface area contributed by atoms with Gasteiger partial charge in [0.2, 0.25) is 0 Å². The molecule has 4 nitrogen and oxygen atoms in total. The summed E-state index contributed by atoms with van der Waals surface area (Å²) in [6, 6.07) is 4.35. The van der Waals surface area contributed by atoms with Crippen LogP contribution in [0.1, 0.15) is 22.8 Å². The molecule has 1 saturated heterocycles. The zero-order valence-electron chi connectivity index (χ0n) is 11.2. The quantitative estimate of drug-likeness (QED) is 0.878. The molecule has 2 unspecified atom stereocenters. The number of carbonyl (C=O) groups is 1. The van der Waals surface area contributed by atoms with Crippen molar-refractivity contribution in [2.75, 3.05) is 19.7 Å². The molecule has 0 aromatic heterocycles. The van der Waals surface area contributed by atoms with Crippen molar-refractivity contribution < 1.29 is 13.9 Å². The predicted octanol–water partition coefficient (Wildman–Crippen LogP) is 1.32. The van der Waals surface area contributed by atoms with Crippen LogP contribution in [0.3, 0.4) is 0 Å². The van der Waals surface area contributed by atoms with Crippen LogP contribution in [0.15, 0.2) is 18.2 Å². The Morgan fingerprint density at radius 3 is 2.89 bits per heavy atom. The molecule has 2 rings (SSSR count). The maximum absolute atomic E-state index is 13.4. The van der Waals surface area contributed by atoms with E-state index in [2.05, 4.69) is 0 Å². The third kappa shape index (κ3) is 3.11. The van der Waals surface area contributed by atoms with Crippen LogP contribution in [0.25, 0.3) is 0 Å². The van der Waals surface area contributed by atoms with E-state index >= 15 is 0 Å². The molecule has 1 aromatic carbocycles. The fourth-order valence-corrected chi connectivity index (χ4v) is 2.27. The van der Waals surface area contributed by atoms with E-state index in [-0.39, 0.29) is 23.9 Å². The predicted molar refractivity (Wildman–Crippen MR) is 70.4 cm³/mol. The Hall–Kier alpha value is -1.46. The second-order valence-corrected chi connectivity index (χ2v) is 5.01. The van der Waals surface area contributed by atoms with Crippen molar-refractivity contribution in [3.63, 3.8) is 0 Å². The lowest BCUT2D eigenvalue weighted by Gasteiger charge is -2.37. The van der Waals surface area contributed by atoms with Gasteiger partial charge in [0, 0.05) is 18.7 Å². The van der Waals surface area contributed by atoms with E-state index in [1.807, 2.05) is 6.92 Å². The normalized spacial score (nSPS) is 23.5. The summed E-state index contributed by atoms with van der Waals surface area (Å²) >= 11 is 0. The number of benzene rings is 1. The Balaban J connectivity index is 2.21. The first-order valence-corrected chi connectivity index (χ1v) is 6.41. The van der Waals surface area contributed by atoms with Gasteiger partial charge in [0.15, 0.2) is 0 Å². The molecule has 5 heteroatoms. The molecule has 0 aliphatic carbocycles. The number of halogens is 1. The van der Waals surface area contributed by atoms with E-state index in [1.165, 1.54) is 12.1 Å². The van der Waals surface area contributed by atoms with E-state index < -0.39 is 0 Å². The first kappa shape index (κ1) is 14.0. The highest BCUT2D eigenvalue weighted by atomic mass is 19.1. The van der Waals surface area contributed by atoms with Crippen LogP contribution in [0.2, 0.25) is 0 Å². The topological polar surface area (TPSA) is 55.6 Å². The Morgan fingerprint density at radius 1 is 1.53 bits per heavy atom. The lowest BCUT2D eigenvalue weighted by Crippen LogP contribution is -2.52. The van der Waals surface area contributed by atoms with E-state index in [1.54, 1.807) is 17.9 Å². The fourth-order valence-electron chi connectivity index (χ4n) is 2.27. The molecule has 1 amide bonds. The average molecular weight is 266 g/mol. The van der Waals surface area contributed by atoms with Crippen molar-refractivity contribution in [3.05, 3.63) is 35.1 Å². The first-order valence-electron chi connectivity index (χ1n) is 6.41. The molecule has 0 spiro atoms.